The molecule has 21 heavy (non-hydrogen) atoms. The van der Waals surface area contributed by atoms with Gasteiger partial charge < -0.3 is 20.5 Å². The molecule has 1 aliphatic heterocycles. The second-order valence-electron chi connectivity index (χ2n) is 4.62. The molecule has 0 radical (unpaired) electrons. The first-order valence-corrected chi connectivity index (χ1v) is 6.38. The minimum atomic E-state index is -0.298. The molecule has 0 spiro atoms. The molecule has 7 nitrogen and oxygen atoms in total. The summed E-state index contributed by atoms with van der Waals surface area (Å²) in [4.78, 5) is 20.5. The van der Waals surface area contributed by atoms with Crippen LogP contribution in [-0.4, -0.2) is 22.7 Å². The number of nitrogen functional groups attached to an aromatic ring is 1. The smallest absolute Gasteiger partial charge is 0.253 e. The highest BCUT2D eigenvalue weighted by atomic mass is 16.7. The number of carbonyl (C=O) groups excluding carboxylic acids is 1. The molecule has 108 valence electrons. The van der Waals surface area contributed by atoms with E-state index >= 15 is 0 Å². The van der Waals surface area contributed by atoms with Crippen LogP contribution in [0.3, 0.4) is 0 Å². The summed E-state index contributed by atoms with van der Waals surface area (Å²) in [6, 6.07) is 3.16. The molecule has 0 saturated carbocycles. The monoisotopic (exact) mass is 286 g/mol. The lowest BCUT2D eigenvalue weighted by molar-refractivity contribution is 0.0951. The number of hydrogen-bond acceptors (Lipinski definition) is 6. The van der Waals surface area contributed by atoms with Crippen molar-refractivity contribution in [2.24, 2.45) is 0 Å². The van der Waals surface area contributed by atoms with E-state index in [9.17, 15) is 4.79 Å². The maximum Gasteiger partial charge on any atom is 0.253 e. The lowest BCUT2D eigenvalue weighted by Gasteiger charge is -2.08. The van der Waals surface area contributed by atoms with Gasteiger partial charge in [0.1, 0.15) is 0 Å². The van der Waals surface area contributed by atoms with Crippen LogP contribution in [0.1, 0.15) is 21.7 Å². The van der Waals surface area contributed by atoms with E-state index in [1.807, 2.05) is 6.92 Å². The van der Waals surface area contributed by atoms with E-state index in [1.54, 1.807) is 24.5 Å². The largest absolute Gasteiger partial charge is 0.454 e. The number of hydrogen-bond donors (Lipinski definition) is 2. The molecular weight excluding hydrogens is 272 g/mol. The average molecular weight is 286 g/mol. The number of benzene rings is 1. The van der Waals surface area contributed by atoms with E-state index in [0.717, 1.165) is 5.69 Å². The summed E-state index contributed by atoms with van der Waals surface area (Å²) in [6.07, 6.45) is 3.27. The van der Waals surface area contributed by atoms with Crippen molar-refractivity contribution in [3.05, 3.63) is 41.5 Å². The van der Waals surface area contributed by atoms with Gasteiger partial charge in [-0.05, 0) is 13.0 Å². The van der Waals surface area contributed by atoms with E-state index < -0.39 is 0 Å². The third-order valence-corrected chi connectivity index (χ3v) is 3.05. The molecule has 2 heterocycles. The number of anilines is 1. The van der Waals surface area contributed by atoms with Crippen LogP contribution in [0.15, 0.2) is 24.5 Å². The van der Waals surface area contributed by atoms with Crippen molar-refractivity contribution in [2.45, 2.75) is 13.5 Å². The van der Waals surface area contributed by atoms with Gasteiger partial charge in [-0.15, -0.1) is 0 Å². The van der Waals surface area contributed by atoms with Crippen LogP contribution < -0.4 is 20.5 Å². The molecule has 0 unspecified atom stereocenters. The van der Waals surface area contributed by atoms with Gasteiger partial charge >= 0.3 is 0 Å². The van der Waals surface area contributed by atoms with E-state index in [1.165, 1.54) is 0 Å². The maximum atomic E-state index is 12.2. The molecule has 3 N–H and O–H groups in total. The molecule has 1 aromatic heterocycles. The molecule has 0 saturated heterocycles. The predicted molar refractivity (Wildman–Crippen MR) is 74.9 cm³/mol. The molecule has 7 heteroatoms. The molecule has 1 amide bonds. The molecular formula is C14H14N4O3. The number of aromatic nitrogens is 2. The van der Waals surface area contributed by atoms with Crippen molar-refractivity contribution >= 4 is 11.6 Å². The summed E-state index contributed by atoms with van der Waals surface area (Å²) in [5.41, 5.74) is 8.04. The zero-order chi connectivity index (χ0) is 14.8. The van der Waals surface area contributed by atoms with Crippen LogP contribution in [0, 0.1) is 6.92 Å². The number of rotatable bonds is 3. The Balaban J connectivity index is 1.72. The van der Waals surface area contributed by atoms with Gasteiger partial charge in [0.05, 0.1) is 29.7 Å². The summed E-state index contributed by atoms with van der Waals surface area (Å²) in [5, 5.41) is 2.75. The molecule has 0 bridgehead atoms. The zero-order valence-electron chi connectivity index (χ0n) is 11.4. The number of ether oxygens (including phenoxy) is 2. The number of aryl methyl sites for hydroxylation is 1. The van der Waals surface area contributed by atoms with E-state index in [0.29, 0.717) is 28.4 Å². The molecule has 3 rings (SSSR count). The minimum Gasteiger partial charge on any atom is -0.454 e. The summed E-state index contributed by atoms with van der Waals surface area (Å²) < 4.78 is 10.4. The maximum absolute atomic E-state index is 12.2. The van der Waals surface area contributed by atoms with Gasteiger partial charge in [0.25, 0.3) is 5.91 Å². The van der Waals surface area contributed by atoms with E-state index in [2.05, 4.69) is 15.3 Å². The van der Waals surface area contributed by atoms with Crippen molar-refractivity contribution in [3.8, 4) is 11.5 Å². The van der Waals surface area contributed by atoms with Crippen molar-refractivity contribution < 1.29 is 14.3 Å². The first-order valence-electron chi connectivity index (χ1n) is 6.38. The Morgan fingerprint density at radius 2 is 2.05 bits per heavy atom. The highest BCUT2D eigenvalue weighted by Gasteiger charge is 2.19. The normalized spacial score (nSPS) is 12.2. The molecule has 2 aromatic rings. The van der Waals surface area contributed by atoms with Gasteiger partial charge in [-0.2, -0.15) is 0 Å². The fourth-order valence-electron chi connectivity index (χ4n) is 1.93. The van der Waals surface area contributed by atoms with Crippen molar-refractivity contribution in [3.63, 3.8) is 0 Å². The fraction of sp³-hybridized carbons (Fsp3) is 0.214. The number of nitrogens with one attached hydrogen (secondary N) is 1. The Kier molecular flexibility index (Phi) is 3.31. The van der Waals surface area contributed by atoms with Crippen molar-refractivity contribution in [1.82, 2.24) is 15.3 Å². The number of fused-ring (bicyclic) bond motifs is 1. The van der Waals surface area contributed by atoms with Crippen LogP contribution in [0.4, 0.5) is 5.69 Å². The SMILES string of the molecule is Cc1cnc(CNC(=O)c2cc3c(cc2N)OCO3)cn1. The third-order valence-electron chi connectivity index (χ3n) is 3.05. The standard InChI is InChI=1S/C14H14N4O3/c1-8-4-17-9(5-16-8)6-18-14(19)10-2-12-13(3-11(10)15)21-7-20-12/h2-5H,6-7,15H2,1H3,(H,18,19). The first-order chi connectivity index (χ1) is 10.1. The van der Waals surface area contributed by atoms with Gasteiger partial charge in [-0.1, -0.05) is 0 Å². The van der Waals surface area contributed by atoms with Gasteiger partial charge in [0, 0.05) is 18.0 Å². The van der Waals surface area contributed by atoms with Gasteiger partial charge in [0.2, 0.25) is 6.79 Å². The quantitative estimate of drug-likeness (QED) is 0.817. The van der Waals surface area contributed by atoms with Crippen LogP contribution in [0.25, 0.3) is 0 Å². The molecule has 0 fully saturated rings. The van der Waals surface area contributed by atoms with Gasteiger partial charge in [0.15, 0.2) is 11.5 Å². The molecule has 1 aromatic carbocycles. The second kappa shape index (κ2) is 5.28. The third kappa shape index (κ3) is 2.71. The topological polar surface area (TPSA) is 99.4 Å². The van der Waals surface area contributed by atoms with Gasteiger partial charge in [-0.25, -0.2) is 0 Å². The zero-order valence-corrected chi connectivity index (χ0v) is 11.4. The van der Waals surface area contributed by atoms with Crippen LogP contribution in [-0.2, 0) is 6.54 Å². The number of carbonyl (C=O) groups is 1. The summed E-state index contributed by atoms with van der Waals surface area (Å²) in [5.74, 6) is 0.770. The lowest BCUT2D eigenvalue weighted by atomic mass is 10.1. The number of nitrogens with zero attached hydrogens (tertiary/aromatic N) is 2. The Bertz CT molecular complexity index is 685. The lowest BCUT2D eigenvalue weighted by Crippen LogP contribution is -2.24. The Morgan fingerprint density at radius 1 is 1.29 bits per heavy atom. The van der Waals surface area contributed by atoms with Crippen LogP contribution in [0.5, 0.6) is 11.5 Å². The average Bonchev–Trinajstić information content (AvgIpc) is 2.92. The Hall–Kier alpha value is -2.83. The van der Waals surface area contributed by atoms with Crippen LogP contribution in [0.2, 0.25) is 0 Å². The van der Waals surface area contributed by atoms with Gasteiger partial charge in [-0.3, -0.25) is 14.8 Å². The number of amides is 1. The Labute approximate surface area is 121 Å². The van der Waals surface area contributed by atoms with Crippen molar-refractivity contribution in [1.29, 1.82) is 0 Å². The molecule has 0 atom stereocenters. The van der Waals surface area contributed by atoms with E-state index in [-0.39, 0.29) is 19.2 Å². The summed E-state index contributed by atoms with van der Waals surface area (Å²) in [6.45, 7) is 2.27. The highest BCUT2D eigenvalue weighted by Crippen LogP contribution is 2.35. The Morgan fingerprint density at radius 3 is 2.76 bits per heavy atom. The fourth-order valence-corrected chi connectivity index (χ4v) is 1.93. The highest BCUT2D eigenvalue weighted by molar-refractivity contribution is 6.00. The van der Waals surface area contributed by atoms with E-state index in [4.69, 9.17) is 15.2 Å². The van der Waals surface area contributed by atoms with Crippen molar-refractivity contribution in [2.75, 3.05) is 12.5 Å². The molecule has 1 aliphatic rings. The number of nitrogens with two attached hydrogens (primary N) is 1. The summed E-state index contributed by atoms with van der Waals surface area (Å²) in [7, 11) is 0. The minimum absolute atomic E-state index is 0.138. The second-order valence-corrected chi connectivity index (χ2v) is 4.62. The first kappa shape index (κ1) is 13.2. The summed E-state index contributed by atoms with van der Waals surface area (Å²) >= 11 is 0. The van der Waals surface area contributed by atoms with Crippen LogP contribution >= 0.6 is 0 Å². The molecule has 0 aliphatic carbocycles. The predicted octanol–water partition coefficient (Wildman–Crippen LogP) is 1.03.